The van der Waals surface area contributed by atoms with Gasteiger partial charge in [0.2, 0.25) is 0 Å². The maximum Gasteiger partial charge on any atom is 0.0662 e. The fraction of sp³-hybridized carbons (Fsp3) is 1.00. The molecule has 0 saturated heterocycles. The molecule has 0 fully saturated rings. The van der Waals surface area contributed by atoms with Crippen molar-refractivity contribution < 1.29 is 31.9 Å². The van der Waals surface area contributed by atoms with E-state index in [9.17, 15) is 0 Å². The van der Waals surface area contributed by atoms with Crippen molar-refractivity contribution in [1.82, 2.24) is 0 Å². The van der Waals surface area contributed by atoms with Crippen LogP contribution < -0.4 is 0 Å². The summed E-state index contributed by atoms with van der Waals surface area (Å²) < 4.78 is 0. The molecule has 0 rings (SSSR count). The predicted octanol–water partition coefficient (Wildman–Crippen LogP) is -1.41. The molecule has 2 nitrogen and oxygen atoms in total. The molecule has 4 heteroatoms. The first-order valence-electron chi connectivity index (χ1n) is 1.13. The fourth-order valence-electron chi connectivity index (χ4n) is 0. The Morgan fingerprint density at radius 3 is 1.17 bits per heavy atom. The standard InChI is InChI=1S/C2H6O2.Sb.Ti/c3-1-2-4;;/h3-4H,1-2H2;;. The van der Waals surface area contributed by atoms with Crippen LogP contribution in [0.2, 0.25) is 0 Å². The summed E-state index contributed by atoms with van der Waals surface area (Å²) in [6.45, 7) is -0.250. The summed E-state index contributed by atoms with van der Waals surface area (Å²) in [7, 11) is 0. The molecule has 0 saturated carbocycles. The zero-order valence-corrected chi connectivity index (χ0v) is 7.37. The molecule has 3 radical (unpaired) electrons. The molecule has 0 atom stereocenters. The molecular weight excluding hydrogens is 226 g/mol. The Bertz CT molecular complexity index is 13.5. The van der Waals surface area contributed by atoms with Crippen molar-refractivity contribution in [3.8, 4) is 0 Å². The van der Waals surface area contributed by atoms with Gasteiger partial charge in [0, 0.05) is 46.1 Å². The second-order valence-corrected chi connectivity index (χ2v) is 0.447. The smallest absolute Gasteiger partial charge is 0.0662 e. The average Bonchev–Trinajstić information content (AvgIpc) is 1.37. The van der Waals surface area contributed by atoms with Crippen LogP contribution in [-0.2, 0) is 21.7 Å². The van der Waals surface area contributed by atoms with E-state index in [1.807, 2.05) is 0 Å². The van der Waals surface area contributed by atoms with Gasteiger partial charge in [-0.2, -0.15) is 0 Å². The Labute approximate surface area is 69.3 Å². The third-order valence-electron chi connectivity index (χ3n) is 0.1000. The Morgan fingerprint density at radius 2 is 1.17 bits per heavy atom. The zero-order chi connectivity index (χ0) is 3.41. The first-order chi connectivity index (χ1) is 1.91. The van der Waals surface area contributed by atoms with Crippen LogP contribution in [0.5, 0.6) is 0 Å². The summed E-state index contributed by atoms with van der Waals surface area (Å²) in [5, 5.41) is 15.2. The minimum atomic E-state index is -0.125. The van der Waals surface area contributed by atoms with Crippen LogP contribution in [0.15, 0.2) is 0 Å². The summed E-state index contributed by atoms with van der Waals surface area (Å²) >= 11 is 0. The SMILES string of the molecule is OCCO.[Sb].[Ti]. The minimum Gasteiger partial charge on any atom is -0.394 e. The molecule has 0 bridgehead atoms. The van der Waals surface area contributed by atoms with Gasteiger partial charge in [-0.3, -0.25) is 0 Å². The maximum absolute atomic E-state index is 7.62. The van der Waals surface area contributed by atoms with E-state index in [1.54, 1.807) is 0 Å². The van der Waals surface area contributed by atoms with Crippen molar-refractivity contribution in [3.05, 3.63) is 0 Å². The third kappa shape index (κ3) is 18.0. The van der Waals surface area contributed by atoms with E-state index in [1.165, 1.54) is 0 Å². The molecule has 0 aliphatic heterocycles. The van der Waals surface area contributed by atoms with Crippen molar-refractivity contribution >= 4 is 24.4 Å². The monoisotopic (exact) mass is 231 g/mol. The normalized spacial score (nSPS) is 5.00. The summed E-state index contributed by atoms with van der Waals surface area (Å²) in [4.78, 5) is 0. The number of hydrogen-bond acceptors (Lipinski definition) is 2. The van der Waals surface area contributed by atoms with Crippen LogP contribution in [0, 0.1) is 0 Å². The average molecular weight is 232 g/mol. The molecule has 2 N–H and O–H groups in total. The van der Waals surface area contributed by atoms with Gasteiger partial charge in [-0.25, -0.2) is 0 Å². The molecule has 0 heterocycles. The molecule has 0 aromatic carbocycles. The predicted molar refractivity (Wildman–Crippen MR) is 19.9 cm³/mol. The summed E-state index contributed by atoms with van der Waals surface area (Å²) in [6, 6.07) is 0. The second-order valence-electron chi connectivity index (χ2n) is 0.447. The Hall–Kier alpha value is 1.45. The summed E-state index contributed by atoms with van der Waals surface area (Å²) in [5.74, 6) is 0. The van der Waals surface area contributed by atoms with Gasteiger partial charge in [0.1, 0.15) is 0 Å². The van der Waals surface area contributed by atoms with E-state index in [2.05, 4.69) is 0 Å². The number of rotatable bonds is 1. The molecule has 0 aromatic rings. The third-order valence-corrected chi connectivity index (χ3v) is 0.1000. The molecule has 0 aromatic heterocycles. The van der Waals surface area contributed by atoms with Crippen molar-refractivity contribution in [2.24, 2.45) is 0 Å². The van der Waals surface area contributed by atoms with E-state index in [0.717, 1.165) is 0 Å². The van der Waals surface area contributed by atoms with Gasteiger partial charge in [0.15, 0.2) is 0 Å². The maximum atomic E-state index is 7.62. The van der Waals surface area contributed by atoms with E-state index in [4.69, 9.17) is 10.2 Å². The Balaban J connectivity index is -0.0000000450. The van der Waals surface area contributed by atoms with E-state index in [0.29, 0.717) is 0 Å². The number of hydrogen-bond donors (Lipinski definition) is 2. The Morgan fingerprint density at radius 1 is 1.00 bits per heavy atom. The van der Waals surface area contributed by atoms with Gasteiger partial charge >= 0.3 is 0 Å². The van der Waals surface area contributed by atoms with Gasteiger partial charge in [0.05, 0.1) is 13.2 Å². The van der Waals surface area contributed by atoms with Gasteiger partial charge in [-0.15, -0.1) is 0 Å². The van der Waals surface area contributed by atoms with Crippen molar-refractivity contribution in [2.75, 3.05) is 13.2 Å². The van der Waals surface area contributed by atoms with Crippen LogP contribution in [0.1, 0.15) is 0 Å². The van der Waals surface area contributed by atoms with Gasteiger partial charge < -0.3 is 10.2 Å². The fourth-order valence-corrected chi connectivity index (χ4v) is 0. The topological polar surface area (TPSA) is 40.5 Å². The summed E-state index contributed by atoms with van der Waals surface area (Å²) in [6.07, 6.45) is 0. The quantitative estimate of drug-likeness (QED) is 0.545. The molecule has 0 aliphatic carbocycles. The van der Waals surface area contributed by atoms with Gasteiger partial charge in [0.25, 0.3) is 0 Å². The van der Waals surface area contributed by atoms with E-state index in [-0.39, 0.29) is 59.4 Å². The van der Waals surface area contributed by atoms with Crippen molar-refractivity contribution in [3.63, 3.8) is 0 Å². The first kappa shape index (κ1) is 15.7. The van der Waals surface area contributed by atoms with Crippen molar-refractivity contribution in [2.45, 2.75) is 0 Å². The van der Waals surface area contributed by atoms with Crippen LogP contribution in [0.3, 0.4) is 0 Å². The molecule has 0 aliphatic rings. The summed E-state index contributed by atoms with van der Waals surface area (Å²) in [5.41, 5.74) is 0. The molecule has 0 spiro atoms. The van der Waals surface area contributed by atoms with Gasteiger partial charge in [-0.1, -0.05) is 0 Å². The van der Waals surface area contributed by atoms with Gasteiger partial charge in [-0.05, 0) is 0 Å². The molecule has 35 valence electrons. The van der Waals surface area contributed by atoms with Crippen molar-refractivity contribution in [1.29, 1.82) is 0 Å². The first-order valence-corrected chi connectivity index (χ1v) is 1.13. The zero-order valence-electron chi connectivity index (χ0n) is 3.26. The Kier molecular flexibility index (Phi) is 42.0. The van der Waals surface area contributed by atoms with E-state index >= 15 is 0 Å². The van der Waals surface area contributed by atoms with Crippen LogP contribution in [0.4, 0.5) is 0 Å². The van der Waals surface area contributed by atoms with Crippen LogP contribution >= 0.6 is 0 Å². The van der Waals surface area contributed by atoms with Crippen LogP contribution in [0.25, 0.3) is 0 Å². The number of aliphatic hydroxyl groups excluding tert-OH is 2. The molecule has 0 unspecified atom stereocenters. The second kappa shape index (κ2) is 16.1. The van der Waals surface area contributed by atoms with Crippen LogP contribution in [-0.4, -0.2) is 47.9 Å². The van der Waals surface area contributed by atoms with E-state index < -0.39 is 0 Å². The molecule has 0 amide bonds. The number of aliphatic hydroxyl groups is 2. The minimum absolute atomic E-state index is 0. The molecule has 6 heavy (non-hydrogen) atoms. The molecular formula is C2H6O2SbTi. The largest absolute Gasteiger partial charge is 0.394 e.